The predicted octanol–water partition coefficient (Wildman–Crippen LogP) is 3.54. The van der Waals surface area contributed by atoms with E-state index in [1.165, 1.54) is 18.3 Å². The van der Waals surface area contributed by atoms with Gasteiger partial charge in [0.2, 0.25) is 11.9 Å². The molecule has 1 saturated heterocycles. The molecule has 1 fully saturated rings. The molecule has 2 aromatic heterocycles. The second-order valence-electron chi connectivity index (χ2n) is 6.69. The third-order valence-corrected chi connectivity index (χ3v) is 4.80. The normalized spacial score (nSPS) is 17.7. The zero-order valence-electron chi connectivity index (χ0n) is 16.1. The van der Waals surface area contributed by atoms with Gasteiger partial charge in [0.15, 0.2) is 0 Å². The first-order valence-electron chi connectivity index (χ1n) is 9.13. The van der Waals surface area contributed by atoms with Crippen molar-refractivity contribution in [2.75, 3.05) is 23.3 Å². The Labute approximate surface area is 179 Å². The molecule has 2 aromatic rings. The van der Waals surface area contributed by atoms with Crippen molar-refractivity contribution >= 4 is 35.3 Å². The number of nitrogens with zero attached hydrogens (tertiary/aromatic N) is 5. The lowest BCUT2D eigenvalue weighted by Crippen LogP contribution is -2.44. The molecule has 0 spiro atoms. The van der Waals surface area contributed by atoms with Crippen LogP contribution in [0.1, 0.15) is 18.9 Å². The van der Waals surface area contributed by atoms with Crippen LogP contribution in [0.25, 0.3) is 0 Å². The number of alkyl halides is 4. The minimum absolute atomic E-state index is 0.0631. The summed E-state index contributed by atoms with van der Waals surface area (Å²) in [4.78, 5) is 38.3. The Morgan fingerprint density at radius 3 is 2.58 bits per heavy atom. The van der Waals surface area contributed by atoms with Gasteiger partial charge < -0.3 is 10.2 Å². The molecule has 3 rings (SSSR count). The summed E-state index contributed by atoms with van der Waals surface area (Å²) in [5.41, 5.74) is -1.08. The highest BCUT2D eigenvalue weighted by atomic mass is 35.5. The number of halogens is 5. The number of anilines is 2. The molecule has 166 valence electrons. The monoisotopic (exact) mass is 460 g/mol. The zero-order chi connectivity index (χ0) is 22.8. The topological polar surface area (TPSA) is 91.3 Å². The number of carbonyl (C=O) groups is 2. The Kier molecular flexibility index (Phi) is 6.58. The average Bonchev–Trinajstić information content (AvgIpc) is 3.03. The van der Waals surface area contributed by atoms with Crippen LogP contribution in [-0.4, -0.2) is 57.1 Å². The van der Waals surface area contributed by atoms with Crippen molar-refractivity contribution in [3.8, 4) is 0 Å². The van der Waals surface area contributed by atoms with Crippen LogP contribution in [0.5, 0.6) is 0 Å². The molecule has 13 heteroatoms. The molecule has 0 aliphatic carbocycles. The van der Waals surface area contributed by atoms with E-state index in [2.05, 4.69) is 20.3 Å². The number of pyridine rings is 1. The van der Waals surface area contributed by atoms with E-state index in [1.54, 1.807) is 6.92 Å². The molecule has 1 aliphatic heterocycles. The zero-order valence-corrected chi connectivity index (χ0v) is 16.9. The largest absolute Gasteiger partial charge is 0.419 e. The molecule has 1 N–H and O–H groups in total. The van der Waals surface area contributed by atoms with E-state index in [1.807, 2.05) is 0 Å². The molecule has 0 aromatic carbocycles. The molecule has 0 bridgehead atoms. The highest BCUT2D eigenvalue weighted by molar-refractivity contribution is 6.30. The van der Waals surface area contributed by atoms with Gasteiger partial charge in [0.05, 0.1) is 18.2 Å². The van der Waals surface area contributed by atoms with Crippen molar-refractivity contribution in [2.24, 2.45) is 0 Å². The highest BCUT2D eigenvalue weighted by Gasteiger charge is 2.44. The second-order valence-corrected chi connectivity index (χ2v) is 7.13. The van der Waals surface area contributed by atoms with Crippen LogP contribution in [0.4, 0.5) is 34.1 Å². The molecular weight excluding hydrogens is 444 g/mol. The molecule has 31 heavy (non-hydrogen) atoms. The van der Waals surface area contributed by atoms with Crippen molar-refractivity contribution in [1.29, 1.82) is 0 Å². The van der Waals surface area contributed by atoms with E-state index < -0.39 is 42.4 Å². The number of hydrogen-bond donors (Lipinski definition) is 1. The Balaban J connectivity index is 1.78. The summed E-state index contributed by atoms with van der Waals surface area (Å²) >= 11 is 5.84. The molecular formula is C18H17ClF4N6O2. The van der Waals surface area contributed by atoms with Crippen molar-refractivity contribution < 1.29 is 27.2 Å². The first kappa shape index (κ1) is 22.7. The quantitative estimate of drug-likeness (QED) is 0.666. The fourth-order valence-corrected chi connectivity index (χ4v) is 3.17. The molecule has 1 aliphatic rings. The highest BCUT2D eigenvalue weighted by Crippen LogP contribution is 2.30. The standard InChI is InChI=1S/C18H17ClF4N6O2/c1-2-12(20)13-8-29(16-25-6-10(7-26-16)18(21,22)23)17(31)28(13)9-15(30)27-14-5-11(19)3-4-24-14/h3-7,12-13H,2,8-9H2,1H3,(H,24,27,30)/t12-,13+/m0/s1. The van der Waals surface area contributed by atoms with Crippen molar-refractivity contribution in [1.82, 2.24) is 19.9 Å². The van der Waals surface area contributed by atoms with Gasteiger partial charge >= 0.3 is 12.2 Å². The van der Waals surface area contributed by atoms with Crippen LogP contribution >= 0.6 is 11.6 Å². The maximum Gasteiger partial charge on any atom is 0.419 e. The molecule has 3 amide bonds. The molecule has 0 saturated carbocycles. The van der Waals surface area contributed by atoms with Gasteiger partial charge in [-0.2, -0.15) is 13.2 Å². The molecule has 3 heterocycles. The molecule has 0 radical (unpaired) electrons. The third kappa shape index (κ3) is 5.19. The Morgan fingerprint density at radius 1 is 1.32 bits per heavy atom. The van der Waals surface area contributed by atoms with E-state index in [0.29, 0.717) is 17.4 Å². The smallest absolute Gasteiger partial charge is 0.309 e. The minimum Gasteiger partial charge on any atom is -0.309 e. The first-order chi connectivity index (χ1) is 14.6. The molecule has 0 unspecified atom stereocenters. The van der Waals surface area contributed by atoms with E-state index >= 15 is 0 Å². The van der Waals surface area contributed by atoms with E-state index in [4.69, 9.17) is 11.6 Å². The predicted molar refractivity (Wildman–Crippen MR) is 103 cm³/mol. The Bertz CT molecular complexity index is 959. The Hall–Kier alpha value is -3.02. The van der Waals surface area contributed by atoms with Crippen LogP contribution in [-0.2, 0) is 11.0 Å². The third-order valence-electron chi connectivity index (χ3n) is 4.56. The number of amides is 3. The maximum atomic E-state index is 14.5. The average molecular weight is 461 g/mol. The lowest BCUT2D eigenvalue weighted by molar-refractivity contribution is -0.138. The van der Waals surface area contributed by atoms with Gasteiger partial charge in [-0.1, -0.05) is 18.5 Å². The summed E-state index contributed by atoms with van der Waals surface area (Å²) in [7, 11) is 0. The van der Waals surface area contributed by atoms with Crippen LogP contribution in [0.3, 0.4) is 0 Å². The summed E-state index contributed by atoms with van der Waals surface area (Å²) in [5.74, 6) is -0.812. The number of nitrogens with one attached hydrogen (secondary N) is 1. The van der Waals surface area contributed by atoms with E-state index in [9.17, 15) is 27.2 Å². The number of aromatic nitrogens is 3. The summed E-state index contributed by atoms with van der Waals surface area (Å²) in [6.07, 6.45) is -3.59. The van der Waals surface area contributed by atoms with Crippen LogP contribution in [0.2, 0.25) is 5.02 Å². The minimum atomic E-state index is -4.64. The SMILES string of the molecule is CC[C@H](F)[C@H]1CN(c2ncc(C(F)(F)F)cn2)C(=O)N1CC(=O)Nc1cc(Cl)ccn1. The first-order valence-corrected chi connectivity index (χ1v) is 9.50. The van der Waals surface area contributed by atoms with E-state index in [-0.39, 0.29) is 24.7 Å². The van der Waals surface area contributed by atoms with Gasteiger partial charge in [0.25, 0.3) is 0 Å². The lowest BCUT2D eigenvalue weighted by Gasteiger charge is -2.24. The van der Waals surface area contributed by atoms with Crippen molar-refractivity contribution in [3.63, 3.8) is 0 Å². The van der Waals surface area contributed by atoms with Crippen LogP contribution in [0.15, 0.2) is 30.7 Å². The van der Waals surface area contributed by atoms with Gasteiger partial charge in [-0.25, -0.2) is 24.1 Å². The van der Waals surface area contributed by atoms with Gasteiger partial charge in [0.1, 0.15) is 18.5 Å². The van der Waals surface area contributed by atoms with Gasteiger partial charge in [-0.05, 0) is 18.6 Å². The number of carbonyl (C=O) groups excluding carboxylic acids is 2. The summed E-state index contributed by atoms with van der Waals surface area (Å²) in [5, 5.41) is 2.79. The fourth-order valence-electron chi connectivity index (χ4n) is 3.01. The number of urea groups is 1. The van der Waals surface area contributed by atoms with Crippen LogP contribution < -0.4 is 10.2 Å². The van der Waals surface area contributed by atoms with Gasteiger partial charge in [-0.3, -0.25) is 9.69 Å². The summed E-state index contributed by atoms with van der Waals surface area (Å²) in [6.45, 7) is 0.845. The number of rotatable bonds is 6. The molecule has 2 atom stereocenters. The number of hydrogen-bond acceptors (Lipinski definition) is 5. The maximum absolute atomic E-state index is 14.5. The van der Waals surface area contributed by atoms with Crippen LogP contribution in [0, 0.1) is 0 Å². The summed E-state index contributed by atoms with van der Waals surface area (Å²) in [6, 6.07) is 1.10. The fraction of sp³-hybridized carbons (Fsp3) is 0.389. The second kappa shape index (κ2) is 9.00. The summed E-state index contributed by atoms with van der Waals surface area (Å²) < 4.78 is 52.7. The van der Waals surface area contributed by atoms with E-state index in [0.717, 1.165) is 9.80 Å². The lowest BCUT2D eigenvalue weighted by atomic mass is 10.1. The van der Waals surface area contributed by atoms with Crippen molar-refractivity contribution in [3.05, 3.63) is 41.3 Å². The van der Waals surface area contributed by atoms with Crippen molar-refractivity contribution in [2.45, 2.75) is 31.7 Å². The van der Waals surface area contributed by atoms with Gasteiger partial charge in [0, 0.05) is 23.6 Å². The molecule has 8 nitrogen and oxygen atoms in total. The Morgan fingerprint density at radius 2 is 2.00 bits per heavy atom. The van der Waals surface area contributed by atoms with Gasteiger partial charge in [-0.15, -0.1) is 0 Å².